The largest absolute Gasteiger partial charge is 0.489 e. The lowest BCUT2D eigenvalue weighted by Gasteiger charge is -2.02. The highest BCUT2D eigenvalue weighted by molar-refractivity contribution is 5.38. The van der Waals surface area contributed by atoms with Crippen molar-refractivity contribution < 1.29 is 14.1 Å². The van der Waals surface area contributed by atoms with E-state index in [0.717, 1.165) is 18.2 Å². The normalized spacial score (nSPS) is 9.50. The molecule has 0 fully saturated rings. The molecule has 0 bridgehead atoms. The lowest BCUT2D eigenvalue weighted by molar-refractivity contribution is -0.385. The maximum absolute atomic E-state index is 12.8. The lowest BCUT2D eigenvalue weighted by Crippen LogP contribution is -1.95. The van der Waals surface area contributed by atoms with Crippen LogP contribution in [0.25, 0.3) is 0 Å². The molecule has 0 N–H and O–H groups in total. The second kappa shape index (κ2) is 4.36. The van der Waals surface area contributed by atoms with Gasteiger partial charge in [0.2, 0.25) is 0 Å². The van der Waals surface area contributed by atoms with Gasteiger partial charge in [-0.3, -0.25) is 10.1 Å². The average molecular weight is 197 g/mol. The molecule has 74 valence electrons. The minimum atomic E-state index is -0.696. The average Bonchev–Trinajstić information content (AvgIpc) is 2.14. The molecule has 0 aliphatic rings. The first-order chi connectivity index (χ1) is 6.63. The Morgan fingerprint density at radius 3 is 2.86 bits per heavy atom. The predicted octanol–water partition coefficient (Wildman–Crippen LogP) is 2.30. The number of halogens is 1. The van der Waals surface area contributed by atoms with Crippen LogP contribution in [0.4, 0.5) is 10.1 Å². The molecule has 1 rings (SSSR count). The van der Waals surface area contributed by atoms with Gasteiger partial charge >= 0.3 is 0 Å². The lowest BCUT2D eigenvalue weighted by atomic mass is 10.3. The maximum atomic E-state index is 12.8. The molecule has 0 radical (unpaired) electrons. The fourth-order valence-electron chi connectivity index (χ4n) is 0.892. The van der Waals surface area contributed by atoms with E-state index in [-0.39, 0.29) is 18.0 Å². The maximum Gasteiger partial charge on any atom is 0.276 e. The molecule has 0 atom stereocenters. The van der Waals surface area contributed by atoms with Crippen LogP contribution < -0.4 is 4.74 Å². The van der Waals surface area contributed by atoms with E-state index in [1.54, 1.807) is 0 Å². The minimum absolute atomic E-state index is 0.122. The molecule has 1 aromatic carbocycles. The van der Waals surface area contributed by atoms with E-state index in [1.807, 2.05) is 0 Å². The number of nitro groups is 1. The van der Waals surface area contributed by atoms with Gasteiger partial charge in [0.15, 0.2) is 0 Å². The van der Waals surface area contributed by atoms with Gasteiger partial charge in [0.25, 0.3) is 5.69 Å². The van der Waals surface area contributed by atoms with Crippen molar-refractivity contribution in [3.63, 3.8) is 0 Å². The van der Waals surface area contributed by atoms with E-state index in [0.29, 0.717) is 0 Å². The van der Waals surface area contributed by atoms with Crippen molar-refractivity contribution >= 4 is 5.69 Å². The van der Waals surface area contributed by atoms with Crippen LogP contribution in [0.15, 0.2) is 30.9 Å². The van der Waals surface area contributed by atoms with Gasteiger partial charge < -0.3 is 4.74 Å². The van der Waals surface area contributed by atoms with Gasteiger partial charge in [-0.05, 0) is 0 Å². The molecule has 0 aliphatic carbocycles. The molecule has 1 aromatic rings. The molecule has 14 heavy (non-hydrogen) atoms. The fraction of sp³-hybridized carbons (Fsp3) is 0.111. The number of ether oxygens (including phenoxy) is 1. The van der Waals surface area contributed by atoms with Crippen LogP contribution in [0.5, 0.6) is 5.75 Å². The van der Waals surface area contributed by atoms with E-state index in [2.05, 4.69) is 6.58 Å². The summed E-state index contributed by atoms with van der Waals surface area (Å²) in [5, 5.41) is 10.3. The zero-order valence-electron chi connectivity index (χ0n) is 7.27. The molecule has 4 nitrogen and oxygen atoms in total. The summed E-state index contributed by atoms with van der Waals surface area (Å²) in [6, 6.07) is 3.07. The minimum Gasteiger partial charge on any atom is -0.489 e. The van der Waals surface area contributed by atoms with E-state index >= 15 is 0 Å². The standard InChI is InChI=1S/C9H8FNO3/c1-2-3-14-9-5-7(10)4-8(6-9)11(12)13/h2,4-6H,1,3H2. The Kier molecular flexibility index (Phi) is 3.17. The molecule has 0 heterocycles. The fourth-order valence-corrected chi connectivity index (χ4v) is 0.892. The molecule has 0 spiro atoms. The number of non-ortho nitro benzene ring substituents is 1. The smallest absolute Gasteiger partial charge is 0.276 e. The van der Waals surface area contributed by atoms with Crippen molar-refractivity contribution in [1.29, 1.82) is 0 Å². The monoisotopic (exact) mass is 197 g/mol. The first-order valence-corrected chi connectivity index (χ1v) is 3.82. The van der Waals surface area contributed by atoms with Gasteiger partial charge in [-0.1, -0.05) is 12.7 Å². The number of hydrogen-bond donors (Lipinski definition) is 0. The Balaban J connectivity index is 2.94. The van der Waals surface area contributed by atoms with Gasteiger partial charge in [0.1, 0.15) is 18.2 Å². The van der Waals surface area contributed by atoms with Gasteiger partial charge in [-0.2, -0.15) is 0 Å². The van der Waals surface area contributed by atoms with Crippen LogP contribution in [-0.2, 0) is 0 Å². The van der Waals surface area contributed by atoms with E-state index in [4.69, 9.17) is 4.74 Å². The van der Waals surface area contributed by atoms with Crippen molar-refractivity contribution in [2.75, 3.05) is 6.61 Å². The molecule has 0 saturated carbocycles. The quantitative estimate of drug-likeness (QED) is 0.422. The van der Waals surface area contributed by atoms with Crippen LogP contribution >= 0.6 is 0 Å². The summed E-state index contributed by atoms with van der Waals surface area (Å²) in [6.07, 6.45) is 1.47. The Bertz CT molecular complexity index is 365. The van der Waals surface area contributed by atoms with Crippen molar-refractivity contribution in [2.45, 2.75) is 0 Å². The first-order valence-electron chi connectivity index (χ1n) is 3.82. The summed E-state index contributed by atoms with van der Waals surface area (Å²) in [5.74, 6) is -0.574. The van der Waals surface area contributed by atoms with E-state index in [1.165, 1.54) is 6.08 Å². The number of nitrogens with zero attached hydrogens (tertiary/aromatic N) is 1. The zero-order chi connectivity index (χ0) is 10.6. The van der Waals surface area contributed by atoms with Crippen molar-refractivity contribution in [3.05, 3.63) is 46.8 Å². The third-order valence-electron chi connectivity index (χ3n) is 1.43. The van der Waals surface area contributed by atoms with Gasteiger partial charge in [-0.25, -0.2) is 4.39 Å². The summed E-state index contributed by atoms with van der Waals surface area (Å²) in [5.41, 5.74) is -0.330. The van der Waals surface area contributed by atoms with Crippen molar-refractivity contribution in [3.8, 4) is 5.75 Å². The predicted molar refractivity (Wildman–Crippen MR) is 48.7 cm³/mol. The Morgan fingerprint density at radius 2 is 2.29 bits per heavy atom. The van der Waals surface area contributed by atoms with Crippen molar-refractivity contribution in [2.24, 2.45) is 0 Å². The molecule has 0 unspecified atom stereocenters. The Hall–Kier alpha value is -1.91. The second-order valence-electron chi connectivity index (χ2n) is 2.50. The molecule has 0 aliphatic heterocycles. The van der Waals surface area contributed by atoms with Gasteiger partial charge in [0, 0.05) is 6.07 Å². The molecule has 0 saturated heterocycles. The number of rotatable bonds is 4. The molecule has 0 aromatic heterocycles. The number of nitro benzene ring substituents is 1. The summed E-state index contributed by atoms with van der Waals surface area (Å²) in [7, 11) is 0. The summed E-state index contributed by atoms with van der Waals surface area (Å²) in [6.45, 7) is 3.58. The highest BCUT2D eigenvalue weighted by atomic mass is 19.1. The Morgan fingerprint density at radius 1 is 1.57 bits per heavy atom. The van der Waals surface area contributed by atoms with Crippen molar-refractivity contribution in [1.82, 2.24) is 0 Å². The second-order valence-corrected chi connectivity index (χ2v) is 2.50. The van der Waals surface area contributed by atoms with Crippen LogP contribution in [0.3, 0.4) is 0 Å². The van der Waals surface area contributed by atoms with E-state index < -0.39 is 10.7 Å². The number of hydrogen-bond acceptors (Lipinski definition) is 3. The summed E-state index contributed by atoms with van der Waals surface area (Å²) in [4.78, 5) is 9.67. The third kappa shape index (κ3) is 2.55. The Labute approximate surface area is 79.8 Å². The highest BCUT2D eigenvalue weighted by Gasteiger charge is 2.09. The molecular weight excluding hydrogens is 189 g/mol. The van der Waals surface area contributed by atoms with Crippen LogP contribution in [0, 0.1) is 15.9 Å². The summed E-state index contributed by atoms with van der Waals surface area (Å²) >= 11 is 0. The molecular formula is C9H8FNO3. The summed E-state index contributed by atoms with van der Waals surface area (Å²) < 4.78 is 17.8. The topological polar surface area (TPSA) is 52.4 Å². The first kappa shape index (κ1) is 10.2. The van der Waals surface area contributed by atoms with Crippen LogP contribution in [0.1, 0.15) is 0 Å². The zero-order valence-corrected chi connectivity index (χ0v) is 7.27. The third-order valence-corrected chi connectivity index (χ3v) is 1.43. The molecule has 0 amide bonds. The molecule has 5 heteroatoms. The van der Waals surface area contributed by atoms with Crippen LogP contribution in [0.2, 0.25) is 0 Å². The van der Waals surface area contributed by atoms with E-state index in [9.17, 15) is 14.5 Å². The number of benzene rings is 1. The van der Waals surface area contributed by atoms with Gasteiger partial charge in [-0.15, -0.1) is 0 Å². The highest BCUT2D eigenvalue weighted by Crippen LogP contribution is 2.21. The SMILES string of the molecule is C=CCOc1cc(F)cc([N+](=O)[O-])c1. The van der Waals surface area contributed by atoms with Gasteiger partial charge in [0.05, 0.1) is 17.1 Å². The van der Waals surface area contributed by atoms with Crippen LogP contribution in [-0.4, -0.2) is 11.5 Å².